The van der Waals surface area contributed by atoms with Crippen molar-refractivity contribution < 1.29 is 47.4 Å². The molecule has 47 heavy (non-hydrogen) atoms. The van der Waals surface area contributed by atoms with Gasteiger partial charge in [-0.05, 0) is 31.9 Å². The van der Waals surface area contributed by atoms with Crippen molar-refractivity contribution in [2.45, 2.75) is 107 Å². The molecule has 0 aliphatic carbocycles. The number of methoxy groups -OCH3 is 1. The van der Waals surface area contributed by atoms with Crippen molar-refractivity contribution in [1.29, 1.82) is 0 Å². The summed E-state index contributed by atoms with van der Waals surface area (Å²) < 4.78 is 64.4. The Morgan fingerprint density at radius 2 is 1.26 bits per heavy atom. The average Bonchev–Trinajstić information content (AvgIpc) is 3.43. The predicted octanol–water partition coefficient (Wildman–Crippen LogP) is 5.29. The first-order valence-electron chi connectivity index (χ1n) is 16.4. The van der Waals surface area contributed by atoms with E-state index in [4.69, 9.17) is 47.4 Å². The Hall–Kier alpha value is -2.74. The van der Waals surface area contributed by atoms with Crippen molar-refractivity contribution in [2.75, 3.05) is 13.7 Å². The van der Waals surface area contributed by atoms with Crippen LogP contribution >= 0.6 is 0 Å². The second kappa shape index (κ2) is 14.4. The van der Waals surface area contributed by atoms with Gasteiger partial charge in [0.2, 0.25) is 0 Å². The van der Waals surface area contributed by atoms with E-state index in [-0.39, 0.29) is 6.61 Å². The van der Waals surface area contributed by atoms with E-state index >= 15 is 0 Å². The van der Waals surface area contributed by atoms with Crippen LogP contribution in [-0.2, 0) is 60.6 Å². The number of rotatable bonds is 10. The van der Waals surface area contributed by atoms with Crippen molar-refractivity contribution >= 4 is 0 Å². The maximum absolute atomic E-state index is 6.86. The molecule has 7 rings (SSSR count). The monoisotopic (exact) mass is 648 g/mol. The van der Waals surface area contributed by atoms with Crippen molar-refractivity contribution in [2.24, 2.45) is 0 Å². The lowest BCUT2D eigenvalue weighted by Crippen LogP contribution is -2.66. The van der Waals surface area contributed by atoms with Gasteiger partial charge in [0, 0.05) is 12.7 Å². The number of hydrogen-bond acceptors (Lipinski definition) is 10. The van der Waals surface area contributed by atoms with E-state index in [0.717, 1.165) is 16.7 Å². The summed E-state index contributed by atoms with van der Waals surface area (Å²) in [6.07, 6.45) is -6.23. The predicted molar refractivity (Wildman–Crippen MR) is 169 cm³/mol. The Morgan fingerprint density at radius 3 is 1.89 bits per heavy atom. The van der Waals surface area contributed by atoms with Crippen molar-refractivity contribution in [1.82, 2.24) is 0 Å². The lowest BCUT2D eigenvalue weighted by Gasteiger charge is -2.50. The molecule has 0 radical (unpaired) electrons. The third kappa shape index (κ3) is 7.33. The van der Waals surface area contributed by atoms with E-state index in [1.165, 1.54) is 0 Å². The van der Waals surface area contributed by atoms with Crippen molar-refractivity contribution in [3.05, 3.63) is 108 Å². The lowest BCUT2D eigenvalue weighted by atomic mass is 9.96. The van der Waals surface area contributed by atoms with Crippen molar-refractivity contribution in [3.63, 3.8) is 0 Å². The lowest BCUT2D eigenvalue weighted by molar-refractivity contribution is -0.388. The zero-order valence-electron chi connectivity index (χ0n) is 27.2. The summed E-state index contributed by atoms with van der Waals surface area (Å²) in [4.78, 5) is 0. The van der Waals surface area contributed by atoms with Gasteiger partial charge in [-0.3, -0.25) is 0 Å². The van der Waals surface area contributed by atoms with Crippen molar-refractivity contribution in [3.8, 4) is 0 Å². The molecule has 4 saturated heterocycles. The van der Waals surface area contributed by atoms with Gasteiger partial charge in [0.1, 0.15) is 42.7 Å². The summed E-state index contributed by atoms with van der Waals surface area (Å²) in [5, 5.41) is 0. The maximum atomic E-state index is 6.86. The summed E-state index contributed by atoms with van der Waals surface area (Å²) in [6.45, 7) is 6.63. The molecule has 0 spiro atoms. The molecule has 0 amide bonds. The van der Waals surface area contributed by atoms with Crippen LogP contribution in [0.2, 0.25) is 0 Å². The van der Waals surface area contributed by atoms with Gasteiger partial charge < -0.3 is 47.4 Å². The number of benzene rings is 3. The summed E-state index contributed by atoms with van der Waals surface area (Å²) in [7, 11) is 1.60. The molecule has 11 atom stereocenters. The van der Waals surface area contributed by atoms with E-state index in [1.54, 1.807) is 7.11 Å². The summed E-state index contributed by atoms with van der Waals surface area (Å²) in [5.74, 6) is -0.846. The molecule has 4 aliphatic rings. The Balaban J connectivity index is 1.20. The Morgan fingerprint density at radius 1 is 0.660 bits per heavy atom. The third-order valence-electron chi connectivity index (χ3n) is 9.02. The third-order valence-corrected chi connectivity index (χ3v) is 9.02. The van der Waals surface area contributed by atoms with Crippen LogP contribution in [0.3, 0.4) is 0 Å². The Kier molecular flexibility index (Phi) is 10.0. The van der Waals surface area contributed by atoms with Crippen LogP contribution in [-0.4, -0.2) is 80.9 Å². The van der Waals surface area contributed by atoms with Crippen LogP contribution in [0.4, 0.5) is 0 Å². The fraction of sp³-hybridized carbons (Fsp3) is 0.514. The quantitative estimate of drug-likeness (QED) is 0.289. The fourth-order valence-electron chi connectivity index (χ4n) is 6.78. The van der Waals surface area contributed by atoms with E-state index < -0.39 is 73.5 Å². The highest BCUT2D eigenvalue weighted by atomic mass is 16.8. The fourth-order valence-corrected chi connectivity index (χ4v) is 6.78. The Bertz CT molecular complexity index is 1410. The largest absolute Gasteiger partial charge is 0.368 e. The number of ether oxygens (including phenoxy) is 10. The van der Waals surface area contributed by atoms with Crippen LogP contribution < -0.4 is 0 Å². The van der Waals surface area contributed by atoms with Gasteiger partial charge in [0.25, 0.3) is 0 Å². The minimum Gasteiger partial charge on any atom is -0.368 e. The second-order valence-electron chi connectivity index (χ2n) is 12.9. The first-order valence-corrected chi connectivity index (χ1v) is 16.4. The first kappa shape index (κ1) is 32.8. The molecule has 0 N–H and O–H groups in total. The van der Waals surface area contributed by atoms with Crippen LogP contribution in [0, 0.1) is 0 Å². The molecule has 10 nitrogen and oxygen atoms in total. The zero-order valence-corrected chi connectivity index (χ0v) is 27.2. The van der Waals surface area contributed by atoms with Gasteiger partial charge in [-0.25, -0.2) is 0 Å². The maximum Gasteiger partial charge on any atom is 0.187 e. The summed E-state index contributed by atoms with van der Waals surface area (Å²) in [6, 6.07) is 29.9. The van der Waals surface area contributed by atoms with Gasteiger partial charge in [-0.2, -0.15) is 0 Å². The molecule has 252 valence electrons. The molecule has 4 aliphatic heterocycles. The highest BCUT2D eigenvalue weighted by Crippen LogP contribution is 2.42. The number of hydrogen-bond donors (Lipinski definition) is 0. The first-order chi connectivity index (χ1) is 22.9. The highest BCUT2D eigenvalue weighted by molar-refractivity contribution is 5.18. The molecule has 0 saturated carbocycles. The molecule has 3 aromatic carbocycles. The normalized spacial score (nSPS) is 36.4. The SMILES string of the molecule is CO[C@@H]1O[C@@H](C)[C@H](O[C@H]2O[C@@H]3CO[C@@H](c4ccccc4)O[C@H]3[C@H](OCc3ccccc3)[C@H]2OCc2ccccc2)[C@H]2OC(C)(C)O[C@@H]12. The average molecular weight is 649 g/mol. The zero-order chi connectivity index (χ0) is 32.4. The van der Waals surface area contributed by atoms with Crippen LogP contribution in [0.5, 0.6) is 0 Å². The molecular formula is C37H44O10. The van der Waals surface area contributed by atoms with Gasteiger partial charge in [0.15, 0.2) is 24.7 Å². The highest BCUT2D eigenvalue weighted by Gasteiger charge is 2.58. The topological polar surface area (TPSA) is 92.3 Å². The Labute approximate surface area is 276 Å². The van der Waals surface area contributed by atoms with E-state index in [9.17, 15) is 0 Å². The second-order valence-corrected chi connectivity index (χ2v) is 12.9. The molecule has 4 heterocycles. The summed E-state index contributed by atoms with van der Waals surface area (Å²) >= 11 is 0. The minimum absolute atomic E-state index is 0.280. The van der Waals surface area contributed by atoms with Crippen LogP contribution in [0.25, 0.3) is 0 Å². The molecule has 0 bridgehead atoms. The van der Waals surface area contributed by atoms with Crippen LogP contribution in [0.15, 0.2) is 91.0 Å². The van der Waals surface area contributed by atoms with Gasteiger partial charge in [-0.15, -0.1) is 0 Å². The summed E-state index contributed by atoms with van der Waals surface area (Å²) in [5.41, 5.74) is 2.96. The van der Waals surface area contributed by atoms with Gasteiger partial charge in [-0.1, -0.05) is 91.0 Å². The van der Waals surface area contributed by atoms with Gasteiger partial charge in [0.05, 0.1) is 25.9 Å². The molecule has 0 aromatic heterocycles. The van der Waals surface area contributed by atoms with E-state index in [1.807, 2.05) is 112 Å². The molecule has 0 unspecified atom stereocenters. The van der Waals surface area contributed by atoms with Gasteiger partial charge >= 0.3 is 0 Å². The molecule has 10 heteroatoms. The molecular weight excluding hydrogens is 604 g/mol. The smallest absolute Gasteiger partial charge is 0.187 e. The molecule has 4 fully saturated rings. The van der Waals surface area contributed by atoms with Crippen LogP contribution in [0.1, 0.15) is 43.8 Å². The minimum atomic E-state index is -0.871. The van der Waals surface area contributed by atoms with E-state index in [2.05, 4.69) is 0 Å². The number of fused-ring (bicyclic) bond motifs is 2. The molecule has 3 aromatic rings. The standard InChI is InChI=1S/C37H44O10/c1-23-28(31-33(35(38-4)42-23)47-37(2,3)46-31)44-36-32(40-21-25-16-10-6-11-17-25)30(39-20-24-14-8-5-9-15-24)29-27(43-36)22-41-34(45-29)26-18-12-7-13-19-26/h5-19,23,27-36H,20-22H2,1-4H3/t23-,27+,28-,29+,30-,31+,32+,33+,34+,35+,36+/m0/s1. The van der Waals surface area contributed by atoms with E-state index in [0.29, 0.717) is 13.2 Å².